The highest BCUT2D eigenvalue weighted by Crippen LogP contribution is 2.24. The molecule has 3 aromatic rings. The van der Waals surface area contributed by atoms with Crippen molar-refractivity contribution in [2.45, 2.75) is 6.54 Å². The first kappa shape index (κ1) is 20.4. The molecule has 0 bridgehead atoms. The minimum absolute atomic E-state index is 0.216. The molecule has 0 aromatic heterocycles. The Bertz CT molecular complexity index is 1020. The molecule has 0 fully saturated rings. The van der Waals surface area contributed by atoms with Crippen LogP contribution in [0.5, 0.6) is 0 Å². The fourth-order valence-corrected chi connectivity index (χ4v) is 3.12. The molecule has 0 aliphatic rings. The van der Waals surface area contributed by atoms with Crippen molar-refractivity contribution in [3.63, 3.8) is 0 Å². The van der Waals surface area contributed by atoms with Crippen LogP contribution in [0.2, 0.25) is 5.02 Å². The Hall–Kier alpha value is -3.31. The molecule has 0 aliphatic heterocycles. The number of benzene rings is 3. The van der Waals surface area contributed by atoms with Gasteiger partial charge in [0.05, 0.1) is 16.1 Å². The Labute approximate surface area is 175 Å². The monoisotopic (exact) mass is 407 g/mol. The van der Waals surface area contributed by atoms with E-state index >= 15 is 0 Å². The molecule has 2 amide bonds. The van der Waals surface area contributed by atoms with E-state index in [4.69, 9.17) is 11.6 Å². The lowest BCUT2D eigenvalue weighted by atomic mass is 10.1. The zero-order valence-corrected chi connectivity index (χ0v) is 17.0. The van der Waals surface area contributed by atoms with E-state index in [1.807, 2.05) is 49.3 Å². The summed E-state index contributed by atoms with van der Waals surface area (Å²) in [5, 5.41) is 6.12. The van der Waals surface area contributed by atoms with Gasteiger partial charge in [0.2, 0.25) is 0 Å². The maximum absolute atomic E-state index is 12.8. The quantitative estimate of drug-likeness (QED) is 0.628. The average molecular weight is 408 g/mol. The molecule has 29 heavy (non-hydrogen) atoms. The van der Waals surface area contributed by atoms with Gasteiger partial charge in [-0.3, -0.25) is 9.59 Å². The molecule has 0 aliphatic carbocycles. The summed E-state index contributed by atoms with van der Waals surface area (Å²) in [7, 11) is 3.73. The molecule has 0 heterocycles. The van der Waals surface area contributed by atoms with Gasteiger partial charge in [0, 0.05) is 32.0 Å². The minimum Gasteiger partial charge on any atom is -0.377 e. The van der Waals surface area contributed by atoms with Crippen molar-refractivity contribution in [3.05, 3.63) is 94.5 Å². The highest BCUT2D eigenvalue weighted by Gasteiger charge is 2.16. The van der Waals surface area contributed by atoms with E-state index in [2.05, 4.69) is 10.6 Å². The predicted octanol–water partition coefficient (Wildman–Crippen LogP) is 4.59. The lowest BCUT2D eigenvalue weighted by Crippen LogP contribution is -2.25. The van der Waals surface area contributed by atoms with Crippen LogP contribution >= 0.6 is 11.6 Å². The van der Waals surface area contributed by atoms with Gasteiger partial charge >= 0.3 is 0 Å². The first-order chi connectivity index (χ1) is 14.0. The summed E-state index contributed by atoms with van der Waals surface area (Å²) in [6.45, 7) is 0.419. The van der Waals surface area contributed by atoms with Gasteiger partial charge in [0.15, 0.2) is 0 Å². The second-order valence-corrected chi connectivity index (χ2v) is 7.14. The topological polar surface area (TPSA) is 61.4 Å². The van der Waals surface area contributed by atoms with Crippen LogP contribution in [0.4, 0.5) is 11.4 Å². The standard InChI is InChI=1S/C23H22ClN3O2/c1-27(2)21-13-12-17(26-23(29)18-10-6-7-11-20(18)24)14-19(21)22(28)25-15-16-8-4-3-5-9-16/h3-14H,15H2,1-2H3,(H,25,28)(H,26,29). The van der Waals surface area contributed by atoms with Gasteiger partial charge in [-0.1, -0.05) is 54.1 Å². The number of anilines is 2. The zero-order valence-electron chi connectivity index (χ0n) is 16.3. The van der Waals surface area contributed by atoms with Crippen molar-refractivity contribution in [1.29, 1.82) is 0 Å². The Morgan fingerprint density at radius 1 is 0.862 bits per heavy atom. The molecule has 3 rings (SSSR count). The number of nitrogens with one attached hydrogen (secondary N) is 2. The summed E-state index contributed by atoms with van der Waals surface area (Å²) >= 11 is 6.10. The zero-order chi connectivity index (χ0) is 20.8. The van der Waals surface area contributed by atoms with Gasteiger partial charge < -0.3 is 15.5 Å². The Morgan fingerprint density at radius 2 is 1.55 bits per heavy atom. The van der Waals surface area contributed by atoms with Crippen LogP contribution < -0.4 is 15.5 Å². The van der Waals surface area contributed by atoms with Gasteiger partial charge in [-0.05, 0) is 35.9 Å². The van der Waals surface area contributed by atoms with Crippen LogP contribution in [0.3, 0.4) is 0 Å². The van der Waals surface area contributed by atoms with Crippen LogP contribution in [-0.2, 0) is 6.54 Å². The second kappa shape index (κ2) is 9.26. The number of carbonyl (C=O) groups is 2. The van der Waals surface area contributed by atoms with E-state index in [1.165, 1.54) is 0 Å². The highest BCUT2D eigenvalue weighted by atomic mass is 35.5. The molecular weight excluding hydrogens is 386 g/mol. The SMILES string of the molecule is CN(C)c1ccc(NC(=O)c2ccccc2Cl)cc1C(=O)NCc1ccccc1. The first-order valence-corrected chi connectivity index (χ1v) is 9.53. The fraction of sp³-hybridized carbons (Fsp3) is 0.130. The van der Waals surface area contributed by atoms with E-state index < -0.39 is 0 Å². The van der Waals surface area contributed by atoms with Crippen LogP contribution in [0, 0.1) is 0 Å². The third-order valence-electron chi connectivity index (χ3n) is 4.40. The van der Waals surface area contributed by atoms with Crippen molar-refractivity contribution < 1.29 is 9.59 Å². The first-order valence-electron chi connectivity index (χ1n) is 9.15. The third kappa shape index (κ3) is 5.15. The van der Waals surface area contributed by atoms with Gasteiger partial charge in [-0.25, -0.2) is 0 Å². The van der Waals surface area contributed by atoms with Gasteiger partial charge in [-0.2, -0.15) is 0 Å². The Balaban J connectivity index is 1.81. The van der Waals surface area contributed by atoms with Crippen molar-refractivity contribution in [2.24, 2.45) is 0 Å². The number of amides is 2. The van der Waals surface area contributed by atoms with Crippen LogP contribution in [0.15, 0.2) is 72.8 Å². The molecule has 0 radical (unpaired) electrons. The lowest BCUT2D eigenvalue weighted by Gasteiger charge is -2.18. The van der Waals surface area contributed by atoms with Crippen molar-refractivity contribution >= 4 is 34.8 Å². The van der Waals surface area contributed by atoms with E-state index in [0.29, 0.717) is 28.4 Å². The number of rotatable bonds is 6. The van der Waals surface area contributed by atoms with Crippen LogP contribution in [-0.4, -0.2) is 25.9 Å². The van der Waals surface area contributed by atoms with Crippen LogP contribution in [0.1, 0.15) is 26.3 Å². The number of hydrogen-bond acceptors (Lipinski definition) is 3. The normalized spacial score (nSPS) is 10.3. The summed E-state index contributed by atoms with van der Waals surface area (Å²) in [6, 6.07) is 21.8. The van der Waals surface area contributed by atoms with Gasteiger partial charge in [0.1, 0.15) is 0 Å². The Kier molecular flexibility index (Phi) is 6.52. The third-order valence-corrected chi connectivity index (χ3v) is 4.72. The fourth-order valence-electron chi connectivity index (χ4n) is 2.90. The van der Waals surface area contributed by atoms with E-state index in [9.17, 15) is 9.59 Å². The largest absolute Gasteiger partial charge is 0.377 e. The molecule has 0 saturated heterocycles. The van der Waals surface area contributed by atoms with E-state index in [1.54, 1.807) is 42.5 Å². The number of halogens is 1. The molecular formula is C23H22ClN3O2. The summed E-state index contributed by atoms with van der Waals surface area (Å²) < 4.78 is 0. The molecule has 0 saturated carbocycles. The van der Waals surface area contributed by atoms with Gasteiger partial charge in [0.25, 0.3) is 11.8 Å². The van der Waals surface area contributed by atoms with Crippen molar-refractivity contribution in [1.82, 2.24) is 5.32 Å². The average Bonchev–Trinajstić information content (AvgIpc) is 2.72. The van der Waals surface area contributed by atoms with E-state index in [0.717, 1.165) is 11.3 Å². The Morgan fingerprint density at radius 3 is 2.24 bits per heavy atom. The van der Waals surface area contributed by atoms with Crippen LogP contribution in [0.25, 0.3) is 0 Å². The van der Waals surface area contributed by atoms with E-state index in [-0.39, 0.29) is 11.8 Å². The smallest absolute Gasteiger partial charge is 0.257 e. The lowest BCUT2D eigenvalue weighted by molar-refractivity contribution is 0.0950. The number of hydrogen-bond donors (Lipinski definition) is 2. The molecule has 0 spiro atoms. The summed E-state index contributed by atoms with van der Waals surface area (Å²) in [5.74, 6) is -0.546. The molecule has 6 heteroatoms. The molecule has 0 unspecified atom stereocenters. The second-order valence-electron chi connectivity index (χ2n) is 6.73. The van der Waals surface area contributed by atoms with Crippen molar-refractivity contribution in [3.8, 4) is 0 Å². The summed E-state index contributed by atoms with van der Waals surface area (Å²) in [4.78, 5) is 27.2. The molecule has 3 aromatic carbocycles. The minimum atomic E-state index is -0.330. The summed E-state index contributed by atoms with van der Waals surface area (Å²) in [5.41, 5.74) is 3.14. The molecule has 5 nitrogen and oxygen atoms in total. The molecule has 2 N–H and O–H groups in total. The van der Waals surface area contributed by atoms with Gasteiger partial charge in [-0.15, -0.1) is 0 Å². The maximum Gasteiger partial charge on any atom is 0.257 e. The maximum atomic E-state index is 12.8. The number of nitrogens with zero attached hydrogens (tertiary/aromatic N) is 1. The summed E-state index contributed by atoms with van der Waals surface area (Å²) in [6.07, 6.45) is 0. The number of carbonyl (C=O) groups excluding carboxylic acids is 2. The van der Waals surface area contributed by atoms with Crippen molar-refractivity contribution in [2.75, 3.05) is 24.3 Å². The molecule has 0 atom stereocenters. The predicted molar refractivity (Wildman–Crippen MR) is 118 cm³/mol. The highest BCUT2D eigenvalue weighted by molar-refractivity contribution is 6.34. The molecule has 148 valence electrons.